The molecule has 180 valence electrons. The van der Waals surface area contributed by atoms with E-state index in [0.717, 1.165) is 30.2 Å². The fourth-order valence-corrected chi connectivity index (χ4v) is 5.03. The highest BCUT2D eigenvalue weighted by Gasteiger charge is 2.25. The molecule has 1 aliphatic heterocycles. The van der Waals surface area contributed by atoms with E-state index in [2.05, 4.69) is 4.90 Å². The Morgan fingerprint density at radius 2 is 1.50 bits per heavy atom. The monoisotopic (exact) mass is 580 g/mol. The van der Waals surface area contributed by atoms with E-state index in [1.54, 1.807) is 17.0 Å². The fourth-order valence-electron chi connectivity index (χ4n) is 3.58. The number of piperazine rings is 1. The summed E-state index contributed by atoms with van der Waals surface area (Å²) in [5, 5.41) is 0.925. The van der Waals surface area contributed by atoms with Crippen LogP contribution in [0.25, 0.3) is 0 Å². The van der Waals surface area contributed by atoms with Gasteiger partial charge in [0.2, 0.25) is 0 Å². The van der Waals surface area contributed by atoms with Crippen molar-refractivity contribution in [2.45, 2.75) is 13.2 Å². The molecule has 0 N–H and O–H groups in total. The summed E-state index contributed by atoms with van der Waals surface area (Å²) in [6.07, 6.45) is 0. The van der Waals surface area contributed by atoms with Crippen LogP contribution in [-0.4, -0.2) is 41.9 Å². The number of ether oxygens (including phenoxy) is 1. The lowest BCUT2D eigenvalue weighted by Gasteiger charge is -2.34. The highest BCUT2D eigenvalue weighted by Crippen LogP contribution is 2.48. The van der Waals surface area contributed by atoms with Crippen LogP contribution < -0.4 is 4.74 Å². The summed E-state index contributed by atoms with van der Waals surface area (Å²) in [6, 6.07) is 11.1. The predicted molar refractivity (Wildman–Crippen MR) is 137 cm³/mol. The Kier molecular flexibility index (Phi) is 8.47. The zero-order chi connectivity index (χ0) is 24.4. The highest BCUT2D eigenvalue weighted by atomic mass is 35.5. The van der Waals surface area contributed by atoms with Gasteiger partial charge in [-0.15, -0.1) is 0 Å². The molecule has 3 aromatic rings. The van der Waals surface area contributed by atoms with Crippen molar-refractivity contribution in [3.05, 3.63) is 83.6 Å². The molecule has 0 radical (unpaired) electrons. The van der Waals surface area contributed by atoms with Gasteiger partial charge in [0.05, 0.1) is 15.1 Å². The van der Waals surface area contributed by atoms with Crippen LogP contribution in [0.15, 0.2) is 40.8 Å². The molecule has 0 bridgehead atoms. The maximum absolute atomic E-state index is 12.9. The number of benzene rings is 2. The molecule has 1 fully saturated rings. The zero-order valence-corrected chi connectivity index (χ0v) is 22.1. The first-order valence-corrected chi connectivity index (χ1v) is 12.5. The molecule has 0 saturated carbocycles. The number of halogens is 6. The number of nitrogens with zero attached hydrogens (tertiary/aromatic N) is 2. The van der Waals surface area contributed by atoms with Crippen molar-refractivity contribution in [1.82, 2.24) is 9.80 Å². The molecule has 5 nitrogen and oxygen atoms in total. The summed E-state index contributed by atoms with van der Waals surface area (Å²) in [4.78, 5) is 16.9. The van der Waals surface area contributed by atoms with Gasteiger partial charge in [0, 0.05) is 37.7 Å². The Hall–Kier alpha value is -1.31. The quantitative estimate of drug-likeness (QED) is 0.220. The van der Waals surface area contributed by atoms with Crippen LogP contribution in [0.3, 0.4) is 0 Å². The largest absolute Gasteiger partial charge is 0.482 e. The average molecular weight is 583 g/mol. The van der Waals surface area contributed by atoms with Crippen LogP contribution >= 0.6 is 69.6 Å². The Balaban J connectivity index is 1.34. The smallest absolute Gasteiger partial charge is 0.289 e. The summed E-state index contributed by atoms with van der Waals surface area (Å²) in [5.41, 5.74) is 1.14. The minimum absolute atomic E-state index is 0.0333. The molecular formula is C23H18Cl6N2O3. The van der Waals surface area contributed by atoms with Gasteiger partial charge in [0.1, 0.15) is 22.4 Å². The molecule has 0 spiro atoms. The second-order valence-corrected chi connectivity index (χ2v) is 9.98. The van der Waals surface area contributed by atoms with Crippen molar-refractivity contribution in [2.75, 3.05) is 26.2 Å². The molecule has 34 heavy (non-hydrogen) atoms. The van der Waals surface area contributed by atoms with Crippen LogP contribution in [0.5, 0.6) is 5.75 Å². The third-order valence-electron chi connectivity index (χ3n) is 5.36. The molecule has 2 aromatic carbocycles. The minimum atomic E-state index is -0.178. The molecule has 1 amide bonds. The molecular weight excluding hydrogens is 565 g/mol. The second-order valence-electron chi connectivity index (χ2n) is 7.65. The van der Waals surface area contributed by atoms with Crippen molar-refractivity contribution in [1.29, 1.82) is 0 Å². The van der Waals surface area contributed by atoms with Gasteiger partial charge in [-0.2, -0.15) is 0 Å². The van der Waals surface area contributed by atoms with Crippen LogP contribution in [0, 0.1) is 0 Å². The number of furan rings is 1. The van der Waals surface area contributed by atoms with E-state index in [4.69, 9.17) is 78.8 Å². The van der Waals surface area contributed by atoms with Crippen LogP contribution in [0.4, 0.5) is 0 Å². The van der Waals surface area contributed by atoms with Crippen molar-refractivity contribution >= 4 is 75.5 Å². The van der Waals surface area contributed by atoms with E-state index in [-0.39, 0.29) is 49.1 Å². The standard InChI is InChI=1S/C23H18Cl6N2O3/c24-14-3-1-2-13(10-14)11-30-6-8-31(9-7-30)23(32)16-5-4-15(34-16)12-33-22-20(28)18(26)17(25)19(27)21(22)29/h1-5,10H,6-9,11-12H2. The van der Waals surface area contributed by atoms with Crippen LogP contribution in [-0.2, 0) is 13.2 Å². The number of amides is 1. The fraction of sp³-hybridized carbons (Fsp3) is 0.261. The lowest BCUT2D eigenvalue weighted by Crippen LogP contribution is -2.48. The first-order valence-electron chi connectivity index (χ1n) is 10.2. The molecule has 0 aliphatic carbocycles. The summed E-state index contributed by atoms with van der Waals surface area (Å²) in [6.45, 7) is 3.45. The number of rotatable bonds is 6. The van der Waals surface area contributed by atoms with E-state index in [1.165, 1.54) is 0 Å². The van der Waals surface area contributed by atoms with Crippen molar-refractivity contribution < 1.29 is 13.9 Å². The van der Waals surface area contributed by atoms with E-state index >= 15 is 0 Å². The van der Waals surface area contributed by atoms with Crippen molar-refractivity contribution in [3.8, 4) is 5.75 Å². The van der Waals surface area contributed by atoms with E-state index in [1.807, 2.05) is 24.3 Å². The van der Waals surface area contributed by atoms with Gasteiger partial charge in [-0.1, -0.05) is 81.7 Å². The zero-order valence-electron chi connectivity index (χ0n) is 17.6. The summed E-state index contributed by atoms with van der Waals surface area (Å²) < 4.78 is 11.4. The van der Waals surface area contributed by atoms with Gasteiger partial charge in [-0.25, -0.2) is 0 Å². The molecule has 11 heteroatoms. The highest BCUT2D eigenvalue weighted by molar-refractivity contribution is 6.55. The summed E-state index contributed by atoms with van der Waals surface area (Å²) >= 11 is 36.6. The molecule has 1 aromatic heterocycles. The number of carbonyl (C=O) groups excluding carboxylic acids is 1. The first kappa shape index (κ1) is 25.8. The summed E-state index contributed by atoms with van der Waals surface area (Å²) in [7, 11) is 0. The normalized spacial score (nSPS) is 14.5. The SMILES string of the molecule is O=C(c1ccc(COc2c(Cl)c(Cl)c(Cl)c(Cl)c2Cl)o1)N1CCN(Cc2cccc(Cl)c2)CC1. The molecule has 2 heterocycles. The number of hydrogen-bond donors (Lipinski definition) is 0. The Bertz CT molecular complexity index is 1180. The Labute approximate surface area is 227 Å². The van der Waals surface area contributed by atoms with Crippen LogP contribution in [0.1, 0.15) is 21.9 Å². The van der Waals surface area contributed by atoms with E-state index < -0.39 is 0 Å². The van der Waals surface area contributed by atoms with Gasteiger partial charge >= 0.3 is 0 Å². The first-order chi connectivity index (χ1) is 16.2. The van der Waals surface area contributed by atoms with Crippen molar-refractivity contribution in [3.63, 3.8) is 0 Å². The topological polar surface area (TPSA) is 45.9 Å². The van der Waals surface area contributed by atoms with E-state index in [0.29, 0.717) is 18.8 Å². The average Bonchev–Trinajstić information content (AvgIpc) is 3.30. The third kappa shape index (κ3) is 5.73. The molecule has 4 rings (SSSR count). The maximum atomic E-state index is 12.9. The minimum Gasteiger partial charge on any atom is -0.482 e. The van der Waals surface area contributed by atoms with Gasteiger partial charge in [-0.05, 0) is 29.8 Å². The molecule has 1 aliphatic rings. The molecule has 0 atom stereocenters. The maximum Gasteiger partial charge on any atom is 0.289 e. The second kappa shape index (κ2) is 11.2. The van der Waals surface area contributed by atoms with E-state index in [9.17, 15) is 4.79 Å². The molecule has 0 unspecified atom stereocenters. The van der Waals surface area contributed by atoms with Gasteiger partial charge < -0.3 is 14.1 Å². The van der Waals surface area contributed by atoms with Gasteiger partial charge in [-0.3, -0.25) is 9.69 Å². The number of carbonyl (C=O) groups is 1. The Morgan fingerprint density at radius 1 is 0.853 bits per heavy atom. The van der Waals surface area contributed by atoms with Crippen molar-refractivity contribution in [2.24, 2.45) is 0 Å². The number of hydrogen-bond acceptors (Lipinski definition) is 4. The molecule has 1 saturated heterocycles. The predicted octanol–water partition coefficient (Wildman–Crippen LogP) is 7.74. The van der Waals surface area contributed by atoms with Gasteiger partial charge in [0.25, 0.3) is 5.91 Å². The van der Waals surface area contributed by atoms with Crippen LogP contribution in [0.2, 0.25) is 30.1 Å². The van der Waals surface area contributed by atoms with Gasteiger partial charge in [0.15, 0.2) is 11.5 Å². The summed E-state index contributed by atoms with van der Waals surface area (Å²) in [5.74, 6) is 0.550. The lowest BCUT2D eigenvalue weighted by molar-refractivity contribution is 0.0594. The Morgan fingerprint density at radius 3 is 2.15 bits per heavy atom. The third-order valence-corrected chi connectivity index (χ3v) is 7.83. The lowest BCUT2D eigenvalue weighted by atomic mass is 10.2.